The molecule has 2 N–H and O–H groups in total. The van der Waals surface area contributed by atoms with Crippen LogP contribution < -0.4 is 5.73 Å². The highest BCUT2D eigenvalue weighted by molar-refractivity contribution is 7.89. The fourth-order valence-corrected chi connectivity index (χ4v) is 4.11. The van der Waals surface area contributed by atoms with E-state index < -0.39 is 10.0 Å². The van der Waals surface area contributed by atoms with Gasteiger partial charge in [-0.2, -0.15) is 4.31 Å². The molecule has 1 aliphatic heterocycles. The molecule has 2 heterocycles. The first kappa shape index (κ1) is 13.1. The number of nitrogen functional groups attached to an aromatic ring is 1. The lowest BCUT2D eigenvalue weighted by Gasteiger charge is -2.27. The summed E-state index contributed by atoms with van der Waals surface area (Å²) in [4.78, 5) is 0.188. The van der Waals surface area contributed by atoms with Crippen LogP contribution in [0.2, 0.25) is 0 Å². The summed E-state index contributed by atoms with van der Waals surface area (Å²) in [5, 5.41) is 7.73. The normalized spacial score (nSPS) is 16.1. The summed E-state index contributed by atoms with van der Waals surface area (Å²) in [6.07, 6.45) is 1.61. The Morgan fingerprint density at radius 1 is 1.30 bits per heavy atom. The minimum Gasteiger partial charge on any atom is -0.398 e. The van der Waals surface area contributed by atoms with Gasteiger partial charge in [0.15, 0.2) is 0 Å². The Balaban J connectivity index is 2.02. The zero-order valence-electron chi connectivity index (χ0n) is 11.0. The predicted molar refractivity (Wildman–Crippen MR) is 73.2 cm³/mol. The molecule has 0 unspecified atom stereocenters. The van der Waals surface area contributed by atoms with Gasteiger partial charge in [0.05, 0.1) is 12.2 Å². The molecule has 0 spiro atoms. The number of benzene rings is 1. The molecule has 20 heavy (non-hydrogen) atoms. The van der Waals surface area contributed by atoms with Crippen molar-refractivity contribution in [2.24, 2.45) is 0 Å². The molecule has 0 saturated heterocycles. The monoisotopic (exact) mass is 293 g/mol. The molecule has 8 heteroatoms. The summed E-state index contributed by atoms with van der Waals surface area (Å²) in [6, 6.07) is 5.10. The molecule has 0 radical (unpaired) electrons. The fourth-order valence-electron chi connectivity index (χ4n) is 2.41. The Labute approximate surface area is 117 Å². The molecule has 0 atom stereocenters. The molecule has 1 aliphatic rings. The Hall–Kier alpha value is -1.93. The van der Waals surface area contributed by atoms with Crippen molar-refractivity contribution in [2.45, 2.75) is 24.9 Å². The highest BCUT2D eigenvalue weighted by Crippen LogP contribution is 2.27. The molecule has 1 aromatic heterocycles. The molecule has 0 fully saturated rings. The largest absolute Gasteiger partial charge is 0.398 e. The number of hydrogen-bond acceptors (Lipinski definition) is 5. The smallest absolute Gasteiger partial charge is 0.245 e. The van der Waals surface area contributed by atoms with E-state index in [0.29, 0.717) is 24.5 Å². The predicted octanol–water partition coefficient (Wildman–Crippen LogP) is 0.373. The lowest BCUT2D eigenvalue weighted by molar-refractivity contribution is 0.335. The Morgan fingerprint density at radius 3 is 2.85 bits per heavy atom. The molecule has 106 valence electrons. The van der Waals surface area contributed by atoms with E-state index in [-0.39, 0.29) is 17.1 Å². The van der Waals surface area contributed by atoms with E-state index in [0.717, 1.165) is 0 Å². The van der Waals surface area contributed by atoms with Gasteiger partial charge >= 0.3 is 0 Å². The first-order chi connectivity index (χ1) is 9.50. The van der Waals surface area contributed by atoms with E-state index in [1.54, 1.807) is 31.5 Å². The molecule has 0 bridgehead atoms. The van der Waals surface area contributed by atoms with Gasteiger partial charge in [-0.25, -0.2) is 8.42 Å². The number of aromatic nitrogens is 3. The van der Waals surface area contributed by atoms with Gasteiger partial charge in [-0.05, 0) is 18.6 Å². The van der Waals surface area contributed by atoms with Crippen LogP contribution in [0.3, 0.4) is 0 Å². The van der Waals surface area contributed by atoms with Crippen molar-refractivity contribution in [1.82, 2.24) is 19.1 Å². The van der Waals surface area contributed by atoms with E-state index >= 15 is 0 Å². The Kier molecular flexibility index (Phi) is 2.98. The molecule has 7 nitrogen and oxygen atoms in total. The van der Waals surface area contributed by atoms with Crippen LogP contribution in [-0.4, -0.2) is 34.0 Å². The van der Waals surface area contributed by atoms with Gasteiger partial charge in [-0.1, -0.05) is 12.1 Å². The summed E-state index contributed by atoms with van der Waals surface area (Å²) in [7, 11) is -3.62. The second-order valence-corrected chi connectivity index (χ2v) is 6.65. The summed E-state index contributed by atoms with van der Waals surface area (Å²) in [5.74, 6) is 0.645. The molecule has 0 aliphatic carbocycles. The SMILES string of the molecule is Cc1cccc(N)c1S(=O)(=O)N1CCn2cnnc2C1. The van der Waals surface area contributed by atoms with Gasteiger partial charge < -0.3 is 10.3 Å². The number of anilines is 1. The van der Waals surface area contributed by atoms with E-state index in [1.807, 2.05) is 4.57 Å². The van der Waals surface area contributed by atoms with Crippen LogP contribution in [-0.2, 0) is 23.1 Å². The highest BCUT2D eigenvalue weighted by Gasteiger charge is 2.31. The molecule has 1 aromatic carbocycles. The summed E-state index contributed by atoms with van der Waals surface area (Å²) in [6.45, 7) is 2.90. The standard InChI is InChI=1S/C12H15N5O2S/c1-9-3-2-4-10(13)12(9)20(18,19)17-6-5-16-8-14-15-11(16)7-17/h2-4,8H,5-7,13H2,1H3. The van der Waals surface area contributed by atoms with Crippen LogP contribution in [0.25, 0.3) is 0 Å². The number of aryl methyl sites for hydroxylation is 1. The lowest BCUT2D eigenvalue weighted by atomic mass is 10.2. The van der Waals surface area contributed by atoms with Crippen molar-refractivity contribution in [3.05, 3.63) is 35.9 Å². The van der Waals surface area contributed by atoms with E-state index in [1.165, 1.54) is 4.31 Å². The van der Waals surface area contributed by atoms with Crippen molar-refractivity contribution in [1.29, 1.82) is 0 Å². The molecular weight excluding hydrogens is 278 g/mol. The third kappa shape index (κ3) is 1.97. The van der Waals surface area contributed by atoms with Crippen LogP contribution in [0.5, 0.6) is 0 Å². The number of rotatable bonds is 2. The maximum absolute atomic E-state index is 12.7. The third-order valence-electron chi connectivity index (χ3n) is 3.44. The van der Waals surface area contributed by atoms with Crippen LogP contribution in [0.4, 0.5) is 5.69 Å². The van der Waals surface area contributed by atoms with Crippen molar-refractivity contribution in [3.8, 4) is 0 Å². The van der Waals surface area contributed by atoms with Gasteiger partial charge in [0, 0.05) is 13.1 Å². The lowest BCUT2D eigenvalue weighted by Crippen LogP contribution is -2.38. The first-order valence-corrected chi connectivity index (χ1v) is 7.66. The maximum Gasteiger partial charge on any atom is 0.245 e. The van der Waals surface area contributed by atoms with E-state index in [9.17, 15) is 8.42 Å². The Morgan fingerprint density at radius 2 is 2.10 bits per heavy atom. The molecule has 0 amide bonds. The van der Waals surface area contributed by atoms with Crippen LogP contribution >= 0.6 is 0 Å². The number of nitrogens with zero attached hydrogens (tertiary/aromatic N) is 4. The molecule has 3 rings (SSSR count). The van der Waals surface area contributed by atoms with Crippen LogP contribution in [0, 0.1) is 6.92 Å². The van der Waals surface area contributed by atoms with E-state index in [2.05, 4.69) is 10.2 Å². The fraction of sp³-hybridized carbons (Fsp3) is 0.333. The van der Waals surface area contributed by atoms with Gasteiger partial charge in [-0.15, -0.1) is 10.2 Å². The average molecular weight is 293 g/mol. The van der Waals surface area contributed by atoms with Gasteiger partial charge in [0.2, 0.25) is 10.0 Å². The number of hydrogen-bond donors (Lipinski definition) is 1. The van der Waals surface area contributed by atoms with Gasteiger partial charge in [0.1, 0.15) is 17.0 Å². The third-order valence-corrected chi connectivity index (χ3v) is 5.51. The van der Waals surface area contributed by atoms with Crippen molar-refractivity contribution < 1.29 is 8.42 Å². The Bertz CT molecular complexity index is 733. The summed E-state index contributed by atoms with van der Waals surface area (Å²) >= 11 is 0. The highest BCUT2D eigenvalue weighted by atomic mass is 32.2. The van der Waals surface area contributed by atoms with Crippen LogP contribution in [0.15, 0.2) is 29.4 Å². The zero-order valence-corrected chi connectivity index (χ0v) is 11.8. The molecular formula is C12H15N5O2S. The van der Waals surface area contributed by atoms with Gasteiger partial charge in [-0.3, -0.25) is 0 Å². The number of nitrogens with two attached hydrogens (primary N) is 1. The quantitative estimate of drug-likeness (QED) is 0.807. The van der Waals surface area contributed by atoms with Gasteiger partial charge in [0.25, 0.3) is 0 Å². The number of fused-ring (bicyclic) bond motifs is 1. The first-order valence-electron chi connectivity index (χ1n) is 6.22. The minimum atomic E-state index is -3.62. The number of sulfonamides is 1. The van der Waals surface area contributed by atoms with Crippen molar-refractivity contribution >= 4 is 15.7 Å². The average Bonchev–Trinajstić information content (AvgIpc) is 2.85. The van der Waals surface area contributed by atoms with Crippen molar-refractivity contribution in [3.63, 3.8) is 0 Å². The summed E-state index contributed by atoms with van der Waals surface area (Å²) < 4.78 is 28.8. The second-order valence-electron chi connectivity index (χ2n) is 4.77. The van der Waals surface area contributed by atoms with E-state index in [4.69, 9.17) is 5.73 Å². The zero-order chi connectivity index (χ0) is 14.3. The van der Waals surface area contributed by atoms with Crippen molar-refractivity contribution in [2.75, 3.05) is 12.3 Å². The van der Waals surface area contributed by atoms with Crippen LogP contribution in [0.1, 0.15) is 11.4 Å². The topological polar surface area (TPSA) is 94.1 Å². The maximum atomic E-state index is 12.7. The molecule has 0 saturated carbocycles. The second kappa shape index (κ2) is 4.57. The summed E-state index contributed by atoms with van der Waals surface area (Å²) in [5.41, 5.74) is 6.77. The molecule has 2 aromatic rings. The minimum absolute atomic E-state index is 0.188.